The summed E-state index contributed by atoms with van der Waals surface area (Å²) in [6, 6.07) is 7.51. The maximum Gasteiger partial charge on any atom is 0.0432 e. The Morgan fingerprint density at radius 3 is 3.12 bits per heavy atom. The first-order chi connectivity index (χ1) is 8.38. The Labute approximate surface area is 104 Å². The third-order valence-corrected chi connectivity index (χ3v) is 3.98. The molecule has 2 nitrogen and oxygen atoms in total. The summed E-state index contributed by atoms with van der Waals surface area (Å²) in [6.45, 7) is 5.83. The van der Waals surface area contributed by atoms with Crippen LogP contribution in [0.15, 0.2) is 18.2 Å². The fourth-order valence-corrected chi connectivity index (χ4v) is 3.25. The van der Waals surface area contributed by atoms with Crippen molar-refractivity contribution in [2.75, 3.05) is 24.5 Å². The number of aryl methyl sites for hydroxylation is 1. The second kappa shape index (κ2) is 4.69. The highest BCUT2D eigenvalue weighted by atomic mass is 15.2. The summed E-state index contributed by atoms with van der Waals surface area (Å²) in [5, 5.41) is 3.68. The highest BCUT2D eigenvalue weighted by Gasteiger charge is 2.27. The average molecular weight is 230 g/mol. The van der Waals surface area contributed by atoms with Crippen LogP contribution in [0.1, 0.15) is 30.9 Å². The van der Waals surface area contributed by atoms with Gasteiger partial charge in [0, 0.05) is 24.8 Å². The van der Waals surface area contributed by atoms with E-state index in [1.807, 2.05) is 0 Å². The van der Waals surface area contributed by atoms with Crippen LogP contribution in [-0.4, -0.2) is 25.7 Å². The molecule has 2 aliphatic rings. The van der Waals surface area contributed by atoms with Crippen LogP contribution in [0.4, 0.5) is 5.69 Å². The van der Waals surface area contributed by atoms with Gasteiger partial charge in [0.15, 0.2) is 0 Å². The van der Waals surface area contributed by atoms with E-state index in [4.69, 9.17) is 0 Å². The van der Waals surface area contributed by atoms with E-state index < -0.39 is 0 Å². The van der Waals surface area contributed by atoms with Gasteiger partial charge in [-0.15, -0.1) is 0 Å². The van der Waals surface area contributed by atoms with Crippen LogP contribution >= 0.6 is 0 Å². The van der Waals surface area contributed by atoms with E-state index in [9.17, 15) is 0 Å². The quantitative estimate of drug-likeness (QED) is 0.857. The monoisotopic (exact) mass is 230 g/mol. The Kier molecular flexibility index (Phi) is 3.06. The van der Waals surface area contributed by atoms with Crippen LogP contribution < -0.4 is 10.2 Å². The van der Waals surface area contributed by atoms with Crippen LogP contribution in [0.2, 0.25) is 0 Å². The van der Waals surface area contributed by atoms with Crippen molar-refractivity contribution in [3.8, 4) is 0 Å². The van der Waals surface area contributed by atoms with Crippen molar-refractivity contribution >= 4 is 5.69 Å². The fourth-order valence-electron chi connectivity index (χ4n) is 3.25. The fraction of sp³-hybridized carbons (Fsp3) is 0.600. The lowest BCUT2D eigenvalue weighted by atomic mass is 9.90. The number of rotatable bonds is 3. The molecule has 2 aliphatic heterocycles. The number of nitrogens with one attached hydrogen (secondary N) is 1. The molecule has 0 saturated heterocycles. The van der Waals surface area contributed by atoms with E-state index in [0.29, 0.717) is 6.04 Å². The number of benzene rings is 1. The molecule has 17 heavy (non-hydrogen) atoms. The van der Waals surface area contributed by atoms with Gasteiger partial charge in [0.1, 0.15) is 0 Å². The third kappa shape index (κ3) is 2.06. The zero-order valence-electron chi connectivity index (χ0n) is 10.7. The molecule has 0 radical (unpaired) electrons. The topological polar surface area (TPSA) is 15.3 Å². The minimum absolute atomic E-state index is 0.649. The Morgan fingerprint density at radius 2 is 2.24 bits per heavy atom. The molecular weight excluding hydrogens is 208 g/mol. The third-order valence-electron chi connectivity index (χ3n) is 3.98. The van der Waals surface area contributed by atoms with Crippen LogP contribution in [0.5, 0.6) is 0 Å². The van der Waals surface area contributed by atoms with Gasteiger partial charge < -0.3 is 10.2 Å². The SMILES string of the molecule is CCCN[C@@H]1Cc2cccc3c2N(CCC3)C1. The Balaban J connectivity index is 1.86. The smallest absolute Gasteiger partial charge is 0.0432 e. The summed E-state index contributed by atoms with van der Waals surface area (Å²) >= 11 is 0. The minimum Gasteiger partial charge on any atom is -0.370 e. The molecule has 3 rings (SSSR count). The maximum atomic E-state index is 3.68. The van der Waals surface area contributed by atoms with Crippen molar-refractivity contribution in [2.24, 2.45) is 0 Å². The molecule has 1 aromatic rings. The normalized spacial score (nSPS) is 22.4. The molecule has 1 N–H and O–H groups in total. The summed E-state index contributed by atoms with van der Waals surface area (Å²) in [6.07, 6.45) is 5.02. The van der Waals surface area contributed by atoms with Crippen molar-refractivity contribution in [3.05, 3.63) is 29.3 Å². The first kappa shape index (κ1) is 11.1. The van der Waals surface area contributed by atoms with Gasteiger partial charge in [0.25, 0.3) is 0 Å². The molecule has 1 aromatic carbocycles. The zero-order valence-corrected chi connectivity index (χ0v) is 10.7. The highest BCUT2D eigenvalue weighted by Crippen LogP contribution is 2.34. The maximum absolute atomic E-state index is 3.68. The molecule has 0 amide bonds. The lowest BCUT2D eigenvalue weighted by molar-refractivity contribution is 0.473. The van der Waals surface area contributed by atoms with E-state index >= 15 is 0 Å². The summed E-state index contributed by atoms with van der Waals surface area (Å²) in [5.74, 6) is 0. The molecule has 2 heterocycles. The summed E-state index contributed by atoms with van der Waals surface area (Å²) in [7, 11) is 0. The van der Waals surface area contributed by atoms with Gasteiger partial charge in [-0.05, 0) is 43.4 Å². The molecule has 0 fully saturated rings. The molecular formula is C15H22N2. The van der Waals surface area contributed by atoms with Gasteiger partial charge in [-0.2, -0.15) is 0 Å². The molecule has 0 bridgehead atoms. The van der Waals surface area contributed by atoms with E-state index in [-0.39, 0.29) is 0 Å². The lowest BCUT2D eigenvalue weighted by Crippen LogP contribution is -2.48. The van der Waals surface area contributed by atoms with Gasteiger partial charge in [0.2, 0.25) is 0 Å². The summed E-state index contributed by atoms with van der Waals surface area (Å²) < 4.78 is 0. The van der Waals surface area contributed by atoms with Gasteiger partial charge >= 0.3 is 0 Å². The van der Waals surface area contributed by atoms with Crippen LogP contribution in [0.3, 0.4) is 0 Å². The standard InChI is InChI=1S/C15H22N2/c1-2-8-16-14-10-13-6-3-5-12-7-4-9-17(11-14)15(12)13/h3,5-6,14,16H,2,4,7-11H2,1H3/t14-/m1/s1. The van der Waals surface area contributed by atoms with E-state index in [1.54, 1.807) is 16.8 Å². The Hall–Kier alpha value is -1.02. The van der Waals surface area contributed by atoms with Crippen LogP contribution in [-0.2, 0) is 12.8 Å². The molecule has 2 heteroatoms. The number of hydrogen-bond acceptors (Lipinski definition) is 2. The first-order valence-electron chi connectivity index (χ1n) is 6.97. The molecule has 92 valence electrons. The largest absolute Gasteiger partial charge is 0.370 e. The van der Waals surface area contributed by atoms with Crippen molar-refractivity contribution in [1.29, 1.82) is 0 Å². The Bertz CT molecular complexity index is 400. The van der Waals surface area contributed by atoms with Gasteiger partial charge in [-0.3, -0.25) is 0 Å². The predicted octanol–water partition coefficient (Wildman–Crippen LogP) is 2.36. The zero-order chi connectivity index (χ0) is 11.7. The minimum atomic E-state index is 0.649. The first-order valence-corrected chi connectivity index (χ1v) is 6.97. The van der Waals surface area contributed by atoms with E-state index in [2.05, 4.69) is 35.3 Å². The molecule has 0 aliphatic carbocycles. The van der Waals surface area contributed by atoms with Crippen molar-refractivity contribution < 1.29 is 0 Å². The van der Waals surface area contributed by atoms with E-state index in [0.717, 1.165) is 6.54 Å². The number of hydrogen-bond donors (Lipinski definition) is 1. The van der Waals surface area contributed by atoms with Gasteiger partial charge in [-0.1, -0.05) is 25.1 Å². The molecule has 1 atom stereocenters. The highest BCUT2D eigenvalue weighted by molar-refractivity contribution is 5.63. The molecule has 0 saturated carbocycles. The van der Waals surface area contributed by atoms with Crippen molar-refractivity contribution in [3.63, 3.8) is 0 Å². The average Bonchev–Trinajstić information content (AvgIpc) is 2.37. The molecule has 0 aromatic heterocycles. The summed E-state index contributed by atoms with van der Waals surface area (Å²) in [4.78, 5) is 2.60. The van der Waals surface area contributed by atoms with Crippen molar-refractivity contribution in [2.45, 2.75) is 38.6 Å². The van der Waals surface area contributed by atoms with E-state index in [1.165, 1.54) is 38.8 Å². The predicted molar refractivity (Wildman–Crippen MR) is 72.8 cm³/mol. The van der Waals surface area contributed by atoms with Crippen LogP contribution in [0.25, 0.3) is 0 Å². The second-order valence-corrected chi connectivity index (χ2v) is 5.33. The second-order valence-electron chi connectivity index (χ2n) is 5.33. The van der Waals surface area contributed by atoms with Crippen LogP contribution in [0, 0.1) is 0 Å². The number of anilines is 1. The number of para-hydroxylation sites is 1. The molecule has 0 unspecified atom stereocenters. The van der Waals surface area contributed by atoms with Crippen molar-refractivity contribution in [1.82, 2.24) is 5.32 Å². The Morgan fingerprint density at radius 1 is 1.35 bits per heavy atom. The van der Waals surface area contributed by atoms with Gasteiger partial charge in [0.05, 0.1) is 0 Å². The molecule has 0 spiro atoms. The lowest BCUT2D eigenvalue weighted by Gasteiger charge is -2.40. The van der Waals surface area contributed by atoms with Gasteiger partial charge in [-0.25, -0.2) is 0 Å². The number of nitrogens with zero attached hydrogens (tertiary/aromatic N) is 1. The summed E-state index contributed by atoms with van der Waals surface area (Å²) in [5.41, 5.74) is 4.69.